The molecule has 0 aromatic carbocycles. The smallest absolute Gasteiger partial charge is 0.574 e. The molecular formula is C25H33Cu2N6O8+. The van der Waals surface area contributed by atoms with E-state index in [1.165, 1.54) is 0 Å². The van der Waals surface area contributed by atoms with Crippen molar-refractivity contribution >= 4 is 30.3 Å². The van der Waals surface area contributed by atoms with Crippen LogP contribution in [0.1, 0.15) is 43.5 Å². The predicted molar refractivity (Wildman–Crippen MR) is 139 cm³/mol. The standard InChI is InChI=1S/C19H19N6.3C2H4O2.2Cu.2H2O/c1-3-9-22-16(5-1)7-11-20-14-18-13-19(25-24-18)15-21-12-8-17-6-2-4-10-23-17;3*1-2(3)4;;;;/h1-6,9-10,13-15H,7-8,11-12H2;3*1H3,(H,3,4);;;2*1H2/q-1;;;;2*+2;;/p-2. The molecule has 0 saturated carbocycles. The van der Waals surface area contributed by atoms with Gasteiger partial charge in [-0.1, -0.05) is 12.1 Å². The minimum atomic E-state index is -1.08. The molecule has 14 nitrogen and oxygen atoms in total. The topological polar surface area (TPSA) is 262 Å². The Morgan fingerprint density at radius 2 is 1.17 bits per heavy atom. The Morgan fingerprint density at radius 1 is 0.780 bits per heavy atom. The first-order chi connectivity index (χ1) is 17.6. The predicted octanol–water partition coefficient (Wildman–Crippen LogP) is -3.33. The molecule has 3 heterocycles. The van der Waals surface area contributed by atoms with E-state index in [0.29, 0.717) is 13.1 Å². The van der Waals surface area contributed by atoms with E-state index >= 15 is 0 Å². The maximum Gasteiger partial charge on any atom is 2.00 e. The summed E-state index contributed by atoms with van der Waals surface area (Å²) in [6, 6.07) is 13.6. The van der Waals surface area contributed by atoms with Crippen LogP contribution in [0.2, 0.25) is 0 Å². The Morgan fingerprint density at radius 3 is 1.54 bits per heavy atom. The van der Waals surface area contributed by atoms with Crippen LogP contribution in [0.4, 0.5) is 0 Å². The normalized spacial score (nSPS) is 8.85. The van der Waals surface area contributed by atoms with Crippen molar-refractivity contribution in [1.82, 2.24) is 20.2 Å². The number of carboxylic acids is 3. The van der Waals surface area contributed by atoms with Crippen molar-refractivity contribution in [2.45, 2.75) is 33.6 Å². The number of carboxylic acid groups (broad SMARTS) is 3. The van der Waals surface area contributed by atoms with Crippen LogP contribution in [-0.2, 0) is 66.8 Å². The molecule has 16 heteroatoms. The Bertz CT molecular complexity index is 1010. The fourth-order valence-electron chi connectivity index (χ4n) is 2.22. The summed E-state index contributed by atoms with van der Waals surface area (Å²) >= 11 is 0. The Hall–Kier alpha value is -3.78. The molecule has 0 amide bonds. The fraction of sp³-hybridized carbons (Fsp3) is 0.280. The van der Waals surface area contributed by atoms with Crippen LogP contribution < -0.4 is 20.4 Å². The molecule has 2 radical (unpaired) electrons. The summed E-state index contributed by atoms with van der Waals surface area (Å²) in [7, 11) is 0. The second kappa shape index (κ2) is 30.8. The SMILES string of the molecule is C(=NCCc1ccccn1)c1cc(C=NCCc2ccccn2)[n-]n1.CC(=O)[O-].CC(=O)[O-].CC(=O)[O-].O.[Cu+2].[Cu+2].[OH3+]. The van der Waals surface area contributed by atoms with Crippen LogP contribution in [0.5, 0.6) is 0 Å². The van der Waals surface area contributed by atoms with Crippen molar-refractivity contribution in [3.05, 3.63) is 77.6 Å². The summed E-state index contributed by atoms with van der Waals surface area (Å²) in [5.74, 6) is -3.25. The van der Waals surface area contributed by atoms with Crippen LogP contribution in [0.15, 0.2) is 64.8 Å². The Labute approximate surface area is 259 Å². The van der Waals surface area contributed by atoms with Gasteiger partial charge in [0.2, 0.25) is 0 Å². The Balaban J connectivity index is -0.000000232. The fourth-order valence-corrected chi connectivity index (χ4v) is 2.22. The van der Waals surface area contributed by atoms with Gasteiger partial charge in [-0.3, -0.25) is 20.0 Å². The van der Waals surface area contributed by atoms with E-state index in [2.05, 4.69) is 30.2 Å². The van der Waals surface area contributed by atoms with Crippen LogP contribution in [-0.4, -0.2) is 64.0 Å². The zero-order valence-electron chi connectivity index (χ0n) is 22.5. The number of aromatic nitrogens is 4. The number of pyridine rings is 2. The van der Waals surface area contributed by atoms with E-state index in [1.807, 2.05) is 42.5 Å². The molecular weight excluding hydrogens is 639 g/mol. The minimum absolute atomic E-state index is 0. The number of carbonyl (C=O) groups is 3. The first kappa shape index (κ1) is 47.0. The van der Waals surface area contributed by atoms with Crippen molar-refractivity contribution in [1.29, 1.82) is 0 Å². The number of aliphatic carboxylic acids is 3. The molecule has 0 fully saturated rings. The zero-order chi connectivity index (χ0) is 27.9. The zero-order valence-corrected chi connectivity index (χ0v) is 24.4. The van der Waals surface area contributed by atoms with Gasteiger partial charge >= 0.3 is 34.1 Å². The molecule has 0 aliphatic rings. The third-order valence-corrected chi connectivity index (χ3v) is 3.47. The molecule has 3 rings (SSSR count). The second-order valence-electron chi connectivity index (χ2n) is 6.88. The molecule has 3 aromatic rings. The van der Waals surface area contributed by atoms with Gasteiger partial charge in [0.05, 0.1) is 5.69 Å². The van der Waals surface area contributed by atoms with E-state index in [9.17, 15) is 0 Å². The van der Waals surface area contributed by atoms with E-state index in [0.717, 1.165) is 56.4 Å². The summed E-state index contributed by atoms with van der Waals surface area (Å²) < 4.78 is 0. The molecule has 0 unspecified atom stereocenters. The van der Waals surface area contributed by atoms with Gasteiger partial charge in [-0.15, -0.1) is 5.69 Å². The van der Waals surface area contributed by atoms with Crippen LogP contribution in [0.3, 0.4) is 0 Å². The first-order valence-corrected chi connectivity index (χ1v) is 10.9. The molecule has 5 N–H and O–H groups in total. The molecule has 232 valence electrons. The van der Waals surface area contributed by atoms with E-state index in [1.54, 1.807) is 24.8 Å². The van der Waals surface area contributed by atoms with Crippen molar-refractivity contribution in [2.24, 2.45) is 9.98 Å². The van der Waals surface area contributed by atoms with Crippen LogP contribution in [0, 0.1) is 0 Å². The molecule has 41 heavy (non-hydrogen) atoms. The number of hydrogen-bond donors (Lipinski definition) is 0. The van der Waals surface area contributed by atoms with Crippen LogP contribution in [0.25, 0.3) is 0 Å². The first-order valence-electron chi connectivity index (χ1n) is 10.9. The van der Waals surface area contributed by atoms with E-state index < -0.39 is 17.9 Å². The minimum Gasteiger partial charge on any atom is -0.574 e. The second-order valence-corrected chi connectivity index (χ2v) is 6.88. The number of hydrogen-bond acceptors (Lipinski definition) is 11. The third kappa shape index (κ3) is 34.2. The summed E-state index contributed by atoms with van der Waals surface area (Å²) in [4.78, 5) is 43.9. The summed E-state index contributed by atoms with van der Waals surface area (Å²) in [5, 5.41) is 34.8. The molecule has 0 aliphatic carbocycles. The number of nitrogens with zero attached hydrogens (tertiary/aromatic N) is 6. The summed E-state index contributed by atoms with van der Waals surface area (Å²) in [6.45, 7) is 4.27. The van der Waals surface area contributed by atoms with Gasteiger partial charge in [-0.25, -0.2) is 0 Å². The van der Waals surface area contributed by atoms with Gasteiger partial charge < -0.3 is 50.9 Å². The van der Waals surface area contributed by atoms with Gasteiger partial charge in [0.15, 0.2) is 0 Å². The molecule has 0 saturated heterocycles. The van der Waals surface area contributed by atoms with Gasteiger partial charge in [0, 0.05) is 80.0 Å². The maximum atomic E-state index is 8.89. The summed E-state index contributed by atoms with van der Waals surface area (Å²) in [5.41, 5.74) is 3.56. The number of rotatable bonds is 8. The number of aliphatic imine (C=N–C) groups is 2. The molecule has 0 spiro atoms. The van der Waals surface area contributed by atoms with Crippen molar-refractivity contribution in [3.63, 3.8) is 0 Å². The molecule has 0 bridgehead atoms. The monoisotopic (exact) mass is 671 g/mol. The maximum absolute atomic E-state index is 8.89. The average molecular weight is 673 g/mol. The van der Waals surface area contributed by atoms with Gasteiger partial charge in [0.25, 0.3) is 0 Å². The van der Waals surface area contributed by atoms with Crippen molar-refractivity contribution in [3.8, 4) is 0 Å². The average Bonchev–Trinajstić information content (AvgIpc) is 3.28. The van der Waals surface area contributed by atoms with Crippen molar-refractivity contribution < 1.29 is 74.8 Å². The quantitative estimate of drug-likeness (QED) is 0.130. The summed E-state index contributed by atoms with van der Waals surface area (Å²) in [6.07, 6.45) is 8.69. The van der Waals surface area contributed by atoms with E-state index in [4.69, 9.17) is 29.7 Å². The van der Waals surface area contributed by atoms with Gasteiger partial charge in [-0.05, 0) is 51.1 Å². The van der Waals surface area contributed by atoms with Crippen LogP contribution >= 0.6 is 0 Å². The third-order valence-electron chi connectivity index (χ3n) is 3.47. The molecule has 0 aliphatic heterocycles. The van der Waals surface area contributed by atoms with E-state index in [-0.39, 0.29) is 45.1 Å². The van der Waals surface area contributed by atoms with Crippen molar-refractivity contribution in [2.75, 3.05) is 13.1 Å². The Kier molecular flexibility index (Phi) is 35.3. The molecule has 0 atom stereocenters. The largest absolute Gasteiger partial charge is 2.00 e. The number of carbonyl (C=O) groups excluding carboxylic acids is 3. The molecule has 3 aromatic heterocycles. The van der Waals surface area contributed by atoms with Gasteiger partial charge in [-0.2, -0.15) is 0 Å². The van der Waals surface area contributed by atoms with Gasteiger partial charge in [0.1, 0.15) is 0 Å².